The lowest BCUT2D eigenvalue weighted by atomic mass is 9.80. The summed E-state index contributed by atoms with van der Waals surface area (Å²) in [4.78, 5) is 0. The summed E-state index contributed by atoms with van der Waals surface area (Å²) in [6.07, 6.45) is 2.01. The van der Waals surface area contributed by atoms with Crippen LogP contribution in [0.1, 0.15) is 94.9 Å². The van der Waals surface area contributed by atoms with Crippen molar-refractivity contribution in [1.82, 2.24) is 0 Å². The van der Waals surface area contributed by atoms with Crippen LogP contribution in [-0.4, -0.2) is 12.3 Å². The van der Waals surface area contributed by atoms with E-state index < -0.39 is 12.3 Å². The molecule has 0 aliphatic heterocycles. The quantitative estimate of drug-likeness (QED) is 0.354. The molecule has 0 spiro atoms. The zero-order chi connectivity index (χ0) is 19.4. The molecule has 0 N–H and O–H groups in total. The molecule has 0 aromatic rings. The fourth-order valence-electron chi connectivity index (χ4n) is 2.93. The molecule has 0 saturated heterocycles. The van der Waals surface area contributed by atoms with Gasteiger partial charge in [-0.1, -0.05) is 94.9 Å². The molecule has 0 nitrogen and oxygen atoms in total. The molecular weight excluding hydrogens is 302 g/mol. The third-order valence-electron chi connectivity index (χ3n) is 5.59. The fraction of sp³-hybridized carbons (Fsp3) is 1.00. The van der Waals surface area contributed by atoms with Crippen LogP contribution >= 0.6 is 0 Å². The van der Waals surface area contributed by atoms with E-state index in [9.17, 15) is 8.78 Å². The maximum absolute atomic E-state index is 14.2. The lowest BCUT2D eigenvalue weighted by Crippen LogP contribution is -2.32. The minimum atomic E-state index is -1.33. The van der Waals surface area contributed by atoms with E-state index in [4.69, 9.17) is 0 Å². The fourth-order valence-corrected chi connectivity index (χ4v) is 2.93. The van der Waals surface area contributed by atoms with Crippen LogP contribution in [0, 0.1) is 35.5 Å². The Morgan fingerprint density at radius 3 is 1.29 bits per heavy atom. The molecule has 0 aromatic carbocycles. The highest BCUT2D eigenvalue weighted by Gasteiger charge is 2.32. The maximum atomic E-state index is 14.2. The Bertz CT molecular complexity index is 275. The van der Waals surface area contributed by atoms with Crippen LogP contribution in [0.4, 0.5) is 8.78 Å². The molecule has 0 saturated carbocycles. The van der Waals surface area contributed by atoms with Gasteiger partial charge in [-0.25, -0.2) is 8.78 Å². The molecule has 0 aliphatic carbocycles. The average molecular weight is 349 g/mol. The van der Waals surface area contributed by atoms with E-state index >= 15 is 0 Å². The number of hydrogen-bond donors (Lipinski definition) is 0. The van der Waals surface area contributed by atoms with E-state index in [1.807, 2.05) is 20.8 Å². The summed E-state index contributed by atoms with van der Waals surface area (Å²) in [5.41, 5.74) is 0. The van der Waals surface area contributed by atoms with E-state index in [0.717, 1.165) is 24.7 Å². The van der Waals surface area contributed by atoms with Gasteiger partial charge in [0.1, 0.15) is 12.3 Å². The zero-order valence-corrected chi connectivity index (χ0v) is 18.2. The molecule has 24 heavy (non-hydrogen) atoms. The summed E-state index contributed by atoms with van der Waals surface area (Å²) >= 11 is 0. The van der Waals surface area contributed by atoms with Crippen molar-refractivity contribution in [3.05, 3.63) is 0 Å². The predicted octanol–water partition coefficient (Wildman–Crippen LogP) is 8.11. The van der Waals surface area contributed by atoms with Crippen molar-refractivity contribution < 1.29 is 8.78 Å². The van der Waals surface area contributed by atoms with E-state index in [2.05, 4.69) is 34.6 Å². The Kier molecular flexibility index (Phi) is 15.3. The second-order valence-corrected chi connectivity index (χ2v) is 8.47. The Balaban J connectivity index is 0. The van der Waals surface area contributed by atoms with E-state index in [-0.39, 0.29) is 17.8 Å². The first kappa shape index (κ1) is 26.1. The molecule has 2 heteroatoms. The summed E-state index contributed by atoms with van der Waals surface area (Å²) < 4.78 is 28.1. The smallest absolute Gasteiger partial charge is 0.134 e. The van der Waals surface area contributed by atoms with Crippen molar-refractivity contribution in [2.75, 3.05) is 0 Å². The highest BCUT2D eigenvalue weighted by atomic mass is 19.2. The lowest BCUT2D eigenvalue weighted by Gasteiger charge is -2.29. The Hall–Kier alpha value is -0.140. The largest absolute Gasteiger partial charge is 0.244 e. The van der Waals surface area contributed by atoms with Crippen LogP contribution < -0.4 is 0 Å². The Morgan fingerprint density at radius 2 is 0.917 bits per heavy atom. The molecule has 6 atom stereocenters. The Morgan fingerprint density at radius 1 is 0.542 bits per heavy atom. The minimum Gasteiger partial charge on any atom is -0.244 e. The number of halogens is 2. The summed E-state index contributed by atoms with van der Waals surface area (Å²) in [7, 11) is 0. The van der Waals surface area contributed by atoms with Crippen molar-refractivity contribution in [3.8, 4) is 0 Å². The van der Waals surface area contributed by atoms with Gasteiger partial charge >= 0.3 is 0 Å². The van der Waals surface area contributed by atoms with Gasteiger partial charge < -0.3 is 0 Å². The summed E-state index contributed by atoms with van der Waals surface area (Å²) in [6, 6.07) is 0. The molecule has 148 valence electrons. The van der Waals surface area contributed by atoms with Crippen molar-refractivity contribution in [2.45, 2.75) is 107 Å². The standard InChI is InChI=1S/C20H40F2.C2H6/c1-13(2)9-10-15(5)16(6)11-12-17(7)18(8)20(22)19(21)14(3)4;1-2/h13-20H,9-12H2,1-8H3;1-2H3. The van der Waals surface area contributed by atoms with Gasteiger partial charge in [-0.05, 0) is 35.5 Å². The van der Waals surface area contributed by atoms with E-state index in [1.54, 1.807) is 13.8 Å². The van der Waals surface area contributed by atoms with Crippen molar-refractivity contribution in [3.63, 3.8) is 0 Å². The first-order valence-corrected chi connectivity index (χ1v) is 10.4. The highest BCUT2D eigenvalue weighted by Crippen LogP contribution is 2.31. The van der Waals surface area contributed by atoms with Crippen molar-refractivity contribution in [2.24, 2.45) is 35.5 Å². The van der Waals surface area contributed by atoms with Crippen molar-refractivity contribution >= 4 is 0 Å². The SMILES string of the molecule is CC.CC(C)CCC(C)C(C)CCC(C)C(C)C(F)C(F)C(C)C. The second kappa shape index (κ2) is 14.1. The van der Waals surface area contributed by atoms with Crippen LogP contribution in [0.5, 0.6) is 0 Å². The van der Waals surface area contributed by atoms with Crippen LogP contribution in [0.25, 0.3) is 0 Å². The molecule has 0 amide bonds. The third-order valence-corrected chi connectivity index (χ3v) is 5.59. The number of hydrogen-bond acceptors (Lipinski definition) is 0. The van der Waals surface area contributed by atoms with Crippen LogP contribution in [-0.2, 0) is 0 Å². The molecule has 0 bridgehead atoms. The average Bonchev–Trinajstić information content (AvgIpc) is 2.56. The van der Waals surface area contributed by atoms with Gasteiger partial charge in [0.25, 0.3) is 0 Å². The Labute approximate surface area is 152 Å². The van der Waals surface area contributed by atoms with E-state index in [0.29, 0.717) is 5.92 Å². The van der Waals surface area contributed by atoms with Crippen LogP contribution in [0.3, 0.4) is 0 Å². The molecule has 0 fully saturated rings. The van der Waals surface area contributed by atoms with Gasteiger partial charge in [0.15, 0.2) is 0 Å². The van der Waals surface area contributed by atoms with Crippen LogP contribution in [0.2, 0.25) is 0 Å². The molecule has 0 rings (SSSR count). The molecule has 0 aromatic heterocycles. The molecule has 6 unspecified atom stereocenters. The summed E-state index contributed by atoms with van der Waals surface area (Å²) in [5, 5.41) is 0. The lowest BCUT2D eigenvalue weighted by molar-refractivity contribution is 0.0594. The van der Waals surface area contributed by atoms with Gasteiger partial charge in [0.2, 0.25) is 0 Å². The summed E-state index contributed by atoms with van der Waals surface area (Å²) in [6.45, 7) is 20.6. The van der Waals surface area contributed by atoms with Gasteiger partial charge in [-0.15, -0.1) is 0 Å². The second-order valence-electron chi connectivity index (χ2n) is 8.47. The minimum absolute atomic E-state index is 0.199. The molecule has 0 aliphatic rings. The predicted molar refractivity (Wildman–Crippen MR) is 106 cm³/mol. The van der Waals surface area contributed by atoms with Gasteiger partial charge in [-0.2, -0.15) is 0 Å². The van der Waals surface area contributed by atoms with Gasteiger partial charge in [-0.3, -0.25) is 0 Å². The number of rotatable bonds is 11. The topological polar surface area (TPSA) is 0 Å². The molecule has 0 radical (unpaired) electrons. The number of alkyl halides is 2. The summed E-state index contributed by atoms with van der Waals surface area (Å²) in [5.74, 6) is 1.95. The maximum Gasteiger partial charge on any atom is 0.134 e. The first-order valence-electron chi connectivity index (χ1n) is 10.4. The van der Waals surface area contributed by atoms with Crippen LogP contribution in [0.15, 0.2) is 0 Å². The van der Waals surface area contributed by atoms with Gasteiger partial charge in [0, 0.05) is 0 Å². The van der Waals surface area contributed by atoms with Gasteiger partial charge in [0.05, 0.1) is 0 Å². The monoisotopic (exact) mass is 348 g/mol. The van der Waals surface area contributed by atoms with E-state index in [1.165, 1.54) is 12.8 Å². The first-order chi connectivity index (χ1) is 11.1. The third kappa shape index (κ3) is 10.7. The highest BCUT2D eigenvalue weighted by molar-refractivity contribution is 4.80. The van der Waals surface area contributed by atoms with Crippen molar-refractivity contribution in [1.29, 1.82) is 0 Å². The normalized spacial score (nSPS) is 19.2. The molecular formula is C22H46F2. The zero-order valence-electron chi connectivity index (χ0n) is 18.2. The molecule has 0 heterocycles.